The Labute approximate surface area is 216 Å². The molecule has 3 N–H and O–H groups in total. The number of unbranched alkanes of at least 4 members (excludes halogenated alkanes) is 1. The average Bonchev–Trinajstić information content (AvgIpc) is 3.64. The Kier molecular flexibility index (Phi) is 5.93. The van der Waals surface area contributed by atoms with Crippen LogP contribution in [0.25, 0.3) is 55.3 Å². The number of hydrogen-bond acceptors (Lipinski definition) is 7. The fraction of sp³-hybridized carbons (Fsp3) is 0.185. The molecule has 6 heterocycles. The van der Waals surface area contributed by atoms with Crippen molar-refractivity contribution in [2.24, 2.45) is 0 Å². The highest BCUT2D eigenvalue weighted by Gasteiger charge is 2.17. The third-order valence-electron chi connectivity index (χ3n) is 6.14. The number of aryl methyl sites for hydroxylation is 1. The van der Waals surface area contributed by atoms with Crippen molar-refractivity contribution in [3.63, 3.8) is 0 Å². The number of rotatable bonds is 7. The minimum Gasteiger partial charge on any atom is -0.325 e. The molecule has 37 heavy (non-hydrogen) atoms. The highest BCUT2D eigenvalue weighted by atomic mass is 32.1. The predicted octanol–water partition coefficient (Wildman–Crippen LogP) is 6.12. The third kappa shape index (κ3) is 4.47. The van der Waals surface area contributed by atoms with Crippen molar-refractivity contribution in [2.75, 3.05) is 5.32 Å². The average molecular weight is 509 g/mol. The van der Waals surface area contributed by atoms with E-state index >= 15 is 0 Å². The number of amides is 1. The summed E-state index contributed by atoms with van der Waals surface area (Å²) in [5, 5.41) is 11.3. The molecule has 0 unspecified atom stereocenters. The van der Waals surface area contributed by atoms with Crippen LogP contribution in [0.2, 0.25) is 0 Å². The van der Waals surface area contributed by atoms with Crippen LogP contribution < -0.4 is 5.32 Å². The molecule has 6 rings (SSSR count). The van der Waals surface area contributed by atoms with Gasteiger partial charge in [0.05, 0.1) is 17.3 Å². The van der Waals surface area contributed by atoms with Crippen LogP contribution in [0.15, 0.2) is 55.1 Å². The van der Waals surface area contributed by atoms with Crippen molar-refractivity contribution in [3.8, 4) is 33.1 Å². The molecule has 9 nitrogen and oxygen atoms in total. The second kappa shape index (κ2) is 9.55. The van der Waals surface area contributed by atoms with E-state index in [-0.39, 0.29) is 5.91 Å². The quantitative estimate of drug-likeness (QED) is 0.238. The van der Waals surface area contributed by atoms with E-state index in [0.717, 1.165) is 45.3 Å². The number of carbonyl (C=O) groups is 1. The van der Waals surface area contributed by atoms with Crippen molar-refractivity contribution >= 4 is 45.1 Å². The summed E-state index contributed by atoms with van der Waals surface area (Å²) in [7, 11) is 0. The van der Waals surface area contributed by atoms with E-state index in [9.17, 15) is 4.79 Å². The molecule has 0 fully saturated rings. The number of nitrogens with zero attached hydrogens (tertiary/aromatic N) is 5. The molecular formula is C27H24N8OS. The van der Waals surface area contributed by atoms with Gasteiger partial charge in [-0.05, 0) is 43.7 Å². The fourth-order valence-electron chi connectivity index (χ4n) is 4.27. The predicted molar refractivity (Wildman–Crippen MR) is 146 cm³/mol. The van der Waals surface area contributed by atoms with E-state index in [0.29, 0.717) is 34.9 Å². The number of pyridine rings is 3. The highest BCUT2D eigenvalue weighted by molar-refractivity contribution is 7.15. The van der Waals surface area contributed by atoms with Crippen molar-refractivity contribution in [3.05, 3.63) is 60.0 Å². The lowest BCUT2D eigenvalue weighted by Crippen LogP contribution is -2.11. The molecule has 6 aromatic heterocycles. The Hall–Kier alpha value is -4.44. The summed E-state index contributed by atoms with van der Waals surface area (Å²) >= 11 is 1.73. The number of carbonyl (C=O) groups excluding carboxylic acids is 1. The molecule has 0 radical (unpaired) electrons. The molecule has 0 aliphatic carbocycles. The van der Waals surface area contributed by atoms with Crippen molar-refractivity contribution in [1.82, 2.24) is 35.1 Å². The maximum Gasteiger partial charge on any atom is 0.224 e. The summed E-state index contributed by atoms with van der Waals surface area (Å²) in [6.07, 6.45) is 9.28. The Morgan fingerprint density at radius 1 is 1.05 bits per heavy atom. The van der Waals surface area contributed by atoms with Crippen LogP contribution in [-0.2, 0) is 4.79 Å². The Balaban J connectivity index is 1.37. The minimum absolute atomic E-state index is 0.0120. The second-order valence-corrected chi connectivity index (χ2v) is 10.1. The molecule has 10 heteroatoms. The van der Waals surface area contributed by atoms with Gasteiger partial charge in [-0.1, -0.05) is 13.3 Å². The van der Waals surface area contributed by atoms with Crippen LogP contribution in [0.4, 0.5) is 5.69 Å². The number of nitrogens with one attached hydrogen (secondary N) is 3. The van der Waals surface area contributed by atoms with E-state index in [1.54, 1.807) is 36.1 Å². The summed E-state index contributed by atoms with van der Waals surface area (Å²) in [5.41, 5.74) is 6.21. The third-order valence-corrected chi connectivity index (χ3v) is 7.18. The number of imidazole rings is 1. The topological polar surface area (TPSA) is 125 Å². The zero-order chi connectivity index (χ0) is 25.4. The normalized spacial score (nSPS) is 11.4. The molecular weight excluding hydrogens is 484 g/mol. The highest BCUT2D eigenvalue weighted by Crippen LogP contribution is 2.34. The number of H-pyrrole nitrogens is 2. The zero-order valence-electron chi connectivity index (χ0n) is 20.4. The summed E-state index contributed by atoms with van der Waals surface area (Å²) in [6, 6.07) is 10.1. The van der Waals surface area contributed by atoms with Gasteiger partial charge in [0.1, 0.15) is 11.2 Å². The minimum atomic E-state index is -0.0120. The monoisotopic (exact) mass is 508 g/mol. The van der Waals surface area contributed by atoms with Gasteiger partial charge in [-0.15, -0.1) is 11.3 Å². The first-order valence-corrected chi connectivity index (χ1v) is 12.9. The van der Waals surface area contributed by atoms with Crippen LogP contribution in [0.3, 0.4) is 0 Å². The number of aromatic amines is 2. The van der Waals surface area contributed by atoms with E-state index in [1.807, 2.05) is 18.2 Å². The van der Waals surface area contributed by atoms with Gasteiger partial charge in [-0.2, -0.15) is 5.10 Å². The number of hydrogen-bond donors (Lipinski definition) is 3. The first-order chi connectivity index (χ1) is 18.1. The van der Waals surface area contributed by atoms with E-state index in [1.165, 1.54) is 4.88 Å². The van der Waals surface area contributed by atoms with Gasteiger partial charge in [-0.25, -0.2) is 15.0 Å². The van der Waals surface area contributed by atoms with Gasteiger partial charge < -0.3 is 10.3 Å². The summed E-state index contributed by atoms with van der Waals surface area (Å²) in [4.78, 5) is 36.1. The molecule has 0 aliphatic rings. The van der Waals surface area contributed by atoms with Crippen molar-refractivity contribution in [2.45, 2.75) is 33.1 Å². The SMILES string of the molecule is CCCCC(=O)Nc1cncc(-c2cnc3[nH]nc(-c4nc5c(-c6ccc(C)s6)ccnc5[nH]4)c3c2)c1. The van der Waals surface area contributed by atoms with E-state index in [2.05, 4.69) is 61.4 Å². The molecule has 0 saturated heterocycles. The number of fused-ring (bicyclic) bond motifs is 2. The fourth-order valence-corrected chi connectivity index (χ4v) is 5.16. The molecule has 0 atom stereocenters. The van der Waals surface area contributed by atoms with Crippen molar-refractivity contribution in [1.29, 1.82) is 0 Å². The largest absolute Gasteiger partial charge is 0.325 e. The Bertz CT molecular complexity index is 1750. The number of anilines is 1. The summed E-state index contributed by atoms with van der Waals surface area (Å²) < 4.78 is 0. The van der Waals surface area contributed by atoms with E-state index in [4.69, 9.17) is 4.98 Å². The first kappa shape index (κ1) is 23.0. The zero-order valence-corrected chi connectivity index (χ0v) is 21.2. The van der Waals surface area contributed by atoms with Crippen molar-refractivity contribution < 1.29 is 4.79 Å². The van der Waals surface area contributed by atoms with Gasteiger partial charge in [0.25, 0.3) is 0 Å². The molecule has 0 aliphatic heterocycles. The Morgan fingerprint density at radius 3 is 2.78 bits per heavy atom. The van der Waals surface area contributed by atoms with Gasteiger partial charge in [-0.3, -0.25) is 14.9 Å². The van der Waals surface area contributed by atoms with Crippen LogP contribution in [0, 0.1) is 6.92 Å². The standard InChI is InChI=1S/C27H24N8OS/c1-3-4-5-22(36)31-18-10-16(12-28-14-18)17-11-20-24(34-35-25(20)30-13-17)27-32-23-19(8-9-29-26(23)33-27)21-7-6-15(2)37-21/h6-14H,3-5H2,1-2H3,(H,31,36)(H,29,32,33)(H,30,34,35). The first-order valence-electron chi connectivity index (χ1n) is 12.1. The van der Waals surface area contributed by atoms with Gasteiger partial charge >= 0.3 is 0 Å². The molecule has 0 aromatic carbocycles. The van der Waals surface area contributed by atoms with Crippen LogP contribution in [0.1, 0.15) is 31.1 Å². The lowest BCUT2D eigenvalue weighted by molar-refractivity contribution is -0.116. The maximum atomic E-state index is 12.2. The molecule has 0 spiro atoms. The summed E-state index contributed by atoms with van der Waals surface area (Å²) in [6.45, 7) is 4.16. The van der Waals surface area contributed by atoms with Crippen LogP contribution in [0.5, 0.6) is 0 Å². The maximum absolute atomic E-state index is 12.2. The van der Waals surface area contributed by atoms with E-state index < -0.39 is 0 Å². The molecule has 1 amide bonds. The van der Waals surface area contributed by atoms with Gasteiger partial charge in [0.2, 0.25) is 5.91 Å². The molecule has 0 bridgehead atoms. The van der Waals surface area contributed by atoms with Crippen LogP contribution in [-0.4, -0.2) is 41.0 Å². The summed E-state index contributed by atoms with van der Waals surface area (Å²) in [5.74, 6) is 0.602. The number of aromatic nitrogens is 7. The smallest absolute Gasteiger partial charge is 0.224 e. The molecule has 184 valence electrons. The lowest BCUT2D eigenvalue weighted by Gasteiger charge is -2.07. The van der Waals surface area contributed by atoms with Gasteiger partial charge in [0, 0.05) is 51.5 Å². The van der Waals surface area contributed by atoms with Gasteiger partial charge in [0.15, 0.2) is 17.1 Å². The number of thiophene rings is 1. The van der Waals surface area contributed by atoms with Crippen LogP contribution >= 0.6 is 11.3 Å². The lowest BCUT2D eigenvalue weighted by atomic mass is 10.1. The molecule has 6 aromatic rings. The molecule has 0 saturated carbocycles. The Morgan fingerprint density at radius 2 is 1.95 bits per heavy atom. The second-order valence-electron chi connectivity index (χ2n) is 8.86.